The van der Waals surface area contributed by atoms with Gasteiger partial charge in [0.05, 0.1) is 22.9 Å². The van der Waals surface area contributed by atoms with Crippen LogP contribution in [-0.4, -0.2) is 14.5 Å². The van der Waals surface area contributed by atoms with Crippen LogP contribution in [0.5, 0.6) is 0 Å². The lowest BCUT2D eigenvalue weighted by atomic mass is 10.2. The van der Waals surface area contributed by atoms with Crippen molar-refractivity contribution in [2.45, 2.75) is 13.5 Å². The van der Waals surface area contributed by atoms with Crippen molar-refractivity contribution in [1.29, 1.82) is 0 Å². The lowest BCUT2D eigenvalue weighted by molar-refractivity contribution is 0.796. The summed E-state index contributed by atoms with van der Waals surface area (Å²) in [5.41, 5.74) is 9.43. The highest BCUT2D eigenvalue weighted by atomic mass is 35.5. The number of hydrogen-bond donors (Lipinski definition) is 1. The SMILES string of the molecule is CCn1c(-c2ccncc2N)nc2cc(Cl)ccc21. The van der Waals surface area contributed by atoms with Crippen molar-refractivity contribution in [3.8, 4) is 11.4 Å². The summed E-state index contributed by atoms with van der Waals surface area (Å²) in [6.45, 7) is 2.89. The molecule has 0 unspecified atom stereocenters. The minimum atomic E-state index is 0.624. The summed E-state index contributed by atoms with van der Waals surface area (Å²) in [5.74, 6) is 0.847. The maximum Gasteiger partial charge on any atom is 0.143 e. The number of halogens is 1. The predicted molar refractivity (Wildman–Crippen MR) is 78.1 cm³/mol. The second kappa shape index (κ2) is 4.55. The Bertz CT molecular complexity index is 748. The number of rotatable bonds is 2. The minimum absolute atomic E-state index is 0.624. The normalized spacial score (nSPS) is 11.1. The van der Waals surface area contributed by atoms with Crippen LogP contribution in [0.4, 0.5) is 5.69 Å². The van der Waals surface area contributed by atoms with Gasteiger partial charge in [-0.05, 0) is 31.2 Å². The van der Waals surface area contributed by atoms with Gasteiger partial charge in [0.25, 0.3) is 0 Å². The molecule has 19 heavy (non-hydrogen) atoms. The number of aryl methyl sites for hydroxylation is 1. The predicted octanol–water partition coefficient (Wildman–Crippen LogP) is 3.35. The first-order valence-corrected chi connectivity index (χ1v) is 6.44. The van der Waals surface area contributed by atoms with E-state index in [1.165, 1.54) is 0 Å². The molecule has 2 aromatic heterocycles. The minimum Gasteiger partial charge on any atom is -0.397 e. The van der Waals surface area contributed by atoms with Crippen LogP contribution in [0.15, 0.2) is 36.7 Å². The lowest BCUT2D eigenvalue weighted by Gasteiger charge is -2.07. The van der Waals surface area contributed by atoms with Crippen LogP contribution in [0.3, 0.4) is 0 Å². The number of fused-ring (bicyclic) bond motifs is 1. The van der Waals surface area contributed by atoms with Crippen molar-refractivity contribution in [3.05, 3.63) is 41.7 Å². The maximum absolute atomic E-state index is 6.02. The Balaban J connectivity index is 2.32. The van der Waals surface area contributed by atoms with E-state index < -0.39 is 0 Å². The molecule has 2 N–H and O–H groups in total. The first kappa shape index (κ1) is 12.0. The number of hydrogen-bond acceptors (Lipinski definition) is 3. The van der Waals surface area contributed by atoms with E-state index in [9.17, 15) is 0 Å². The molecule has 96 valence electrons. The van der Waals surface area contributed by atoms with E-state index in [2.05, 4.69) is 21.5 Å². The molecule has 0 amide bonds. The zero-order chi connectivity index (χ0) is 13.4. The summed E-state index contributed by atoms with van der Waals surface area (Å²) in [6, 6.07) is 7.60. The van der Waals surface area contributed by atoms with Gasteiger partial charge in [-0.2, -0.15) is 0 Å². The van der Waals surface area contributed by atoms with Crippen molar-refractivity contribution in [3.63, 3.8) is 0 Å². The zero-order valence-corrected chi connectivity index (χ0v) is 11.2. The van der Waals surface area contributed by atoms with Crippen LogP contribution in [-0.2, 0) is 6.54 Å². The monoisotopic (exact) mass is 272 g/mol. The second-order valence-corrected chi connectivity index (χ2v) is 4.71. The van der Waals surface area contributed by atoms with Gasteiger partial charge in [0.15, 0.2) is 0 Å². The van der Waals surface area contributed by atoms with Crippen molar-refractivity contribution in [1.82, 2.24) is 14.5 Å². The van der Waals surface area contributed by atoms with Crippen LogP contribution in [0.25, 0.3) is 22.4 Å². The number of nitrogen functional groups attached to an aromatic ring is 1. The highest BCUT2D eigenvalue weighted by molar-refractivity contribution is 6.31. The van der Waals surface area contributed by atoms with Crippen LogP contribution in [0, 0.1) is 0 Å². The molecule has 4 nitrogen and oxygen atoms in total. The van der Waals surface area contributed by atoms with Crippen molar-refractivity contribution in [2.24, 2.45) is 0 Å². The summed E-state index contributed by atoms with van der Waals surface area (Å²) in [5, 5.41) is 0.683. The van der Waals surface area contributed by atoms with Crippen LogP contribution < -0.4 is 5.73 Å². The number of aromatic nitrogens is 3. The first-order chi connectivity index (χ1) is 9.20. The Morgan fingerprint density at radius 1 is 1.32 bits per heavy atom. The molecule has 0 radical (unpaired) electrons. The van der Waals surface area contributed by atoms with Gasteiger partial charge in [0.1, 0.15) is 5.82 Å². The molecule has 0 fully saturated rings. The van der Waals surface area contributed by atoms with E-state index in [4.69, 9.17) is 17.3 Å². The first-order valence-electron chi connectivity index (χ1n) is 6.06. The van der Waals surface area contributed by atoms with Gasteiger partial charge in [-0.25, -0.2) is 4.98 Å². The highest BCUT2D eigenvalue weighted by Crippen LogP contribution is 2.29. The Morgan fingerprint density at radius 2 is 2.16 bits per heavy atom. The summed E-state index contributed by atoms with van der Waals surface area (Å²) >= 11 is 6.02. The maximum atomic E-state index is 6.02. The van der Waals surface area contributed by atoms with Crippen molar-refractivity contribution >= 4 is 28.3 Å². The average Bonchev–Trinajstić information content (AvgIpc) is 2.76. The molecule has 0 aliphatic carbocycles. The van der Waals surface area contributed by atoms with Gasteiger partial charge in [-0.1, -0.05) is 11.6 Å². The van der Waals surface area contributed by atoms with E-state index in [1.54, 1.807) is 12.4 Å². The Morgan fingerprint density at radius 3 is 2.89 bits per heavy atom. The van der Waals surface area contributed by atoms with Gasteiger partial charge < -0.3 is 10.3 Å². The third-order valence-corrected chi connectivity index (χ3v) is 3.35. The van der Waals surface area contributed by atoms with Gasteiger partial charge in [-0.3, -0.25) is 4.98 Å². The smallest absolute Gasteiger partial charge is 0.143 e. The summed E-state index contributed by atoms with van der Waals surface area (Å²) < 4.78 is 2.12. The van der Waals surface area contributed by atoms with E-state index in [1.807, 2.05) is 24.3 Å². The molecule has 2 heterocycles. The van der Waals surface area contributed by atoms with Crippen LogP contribution in [0.2, 0.25) is 5.02 Å². The van der Waals surface area contributed by atoms with Crippen LogP contribution >= 0.6 is 11.6 Å². The number of benzene rings is 1. The second-order valence-electron chi connectivity index (χ2n) is 4.28. The summed E-state index contributed by atoms with van der Waals surface area (Å²) in [7, 11) is 0. The lowest BCUT2D eigenvalue weighted by Crippen LogP contribution is -2.00. The van der Waals surface area contributed by atoms with E-state index >= 15 is 0 Å². The van der Waals surface area contributed by atoms with Gasteiger partial charge >= 0.3 is 0 Å². The highest BCUT2D eigenvalue weighted by Gasteiger charge is 2.13. The van der Waals surface area contributed by atoms with E-state index in [0.717, 1.165) is 29.0 Å². The molecule has 1 aromatic carbocycles. The standard InChI is InChI=1S/C14H13ClN4/c1-2-19-13-4-3-9(15)7-12(13)18-14(19)10-5-6-17-8-11(10)16/h3-8H,2,16H2,1H3. The fraction of sp³-hybridized carbons (Fsp3) is 0.143. The molecule has 0 aliphatic heterocycles. The van der Waals surface area contributed by atoms with Crippen molar-refractivity contribution < 1.29 is 0 Å². The fourth-order valence-electron chi connectivity index (χ4n) is 2.24. The van der Waals surface area contributed by atoms with Gasteiger partial charge in [-0.15, -0.1) is 0 Å². The Kier molecular flexibility index (Phi) is 2.87. The molecule has 0 saturated carbocycles. The summed E-state index contributed by atoms with van der Waals surface area (Å²) in [4.78, 5) is 8.66. The molecule has 3 aromatic rings. The number of anilines is 1. The average molecular weight is 273 g/mol. The van der Waals surface area contributed by atoms with Crippen LogP contribution in [0.1, 0.15) is 6.92 Å². The third-order valence-electron chi connectivity index (χ3n) is 3.12. The quantitative estimate of drug-likeness (QED) is 0.778. The van der Waals surface area contributed by atoms with Gasteiger partial charge in [0, 0.05) is 23.3 Å². The topological polar surface area (TPSA) is 56.7 Å². The number of imidazole rings is 1. The molecule has 0 spiro atoms. The Labute approximate surface area is 115 Å². The zero-order valence-electron chi connectivity index (χ0n) is 10.5. The molecular formula is C14H13ClN4. The molecule has 0 bridgehead atoms. The number of nitrogens with two attached hydrogens (primary N) is 1. The van der Waals surface area contributed by atoms with E-state index in [0.29, 0.717) is 10.7 Å². The third kappa shape index (κ3) is 1.94. The molecule has 0 aliphatic rings. The molecule has 3 rings (SSSR count). The molecule has 5 heteroatoms. The largest absolute Gasteiger partial charge is 0.397 e. The van der Waals surface area contributed by atoms with Crippen molar-refractivity contribution in [2.75, 3.05) is 5.73 Å². The fourth-order valence-corrected chi connectivity index (χ4v) is 2.41. The number of nitrogens with zero attached hydrogens (tertiary/aromatic N) is 3. The molecular weight excluding hydrogens is 260 g/mol. The van der Waals surface area contributed by atoms with E-state index in [-0.39, 0.29) is 0 Å². The Hall–Kier alpha value is -2.07. The number of pyridine rings is 1. The molecule has 0 saturated heterocycles. The van der Waals surface area contributed by atoms with Gasteiger partial charge in [0.2, 0.25) is 0 Å². The summed E-state index contributed by atoms with van der Waals surface area (Å²) in [6.07, 6.45) is 3.36. The molecule has 0 atom stereocenters.